The maximum absolute atomic E-state index is 11.8. The van der Waals surface area contributed by atoms with Crippen LogP contribution in [-0.4, -0.2) is 28.1 Å². The van der Waals surface area contributed by atoms with Crippen LogP contribution in [0.1, 0.15) is 22.3 Å². The van der Waals surface area contributed by atoms with Gasteiger partial charge in [-0.05, 0) is 25.0 Å². The molecule has 0 aromatic heterocycles. The van der Waals surface area contributed by atoms with Crippen LogP contribution in [-0.2, 0) is 4.79 Å². The van der Waals surface area contributed by atoms with Gasteiger partial charge in [-0.1, -0.05) is 18.2 Å². The van der Waals surface area contributed by atoms with Gasteiger partial charge in [-0.25, -0.2) is 4.79 Å². The summed E-state index contributed by atoms with van der Waals surface area (Å²) in [6, 6.07) is 3.66. The van der Waals surface area contributed by atoms with Crippen LogP contribution < -0.4 is 5.32 Å². The number of carbonyl (C=O) groups excluding carboxylic acids is 1. The number of carboxylic acid groups (broad SMARTS) is 1. The lowest BCUT2D eigenvalue weighted by Crippen LogP contribution is -2.40. The van der Waals surface area contributed by atoms with E-state index in [0.29, 0.717) is 5.56 Å². The topological polar surface area (TPSA) is 86.6 Å². The number of aromatic hydroxyl groups is 1. The van der Waals surface area contributed by atoms with E-state index in [1.165, 1.54) is 12.1 Å². The van der Waals surface area contributed by atoms with E-state index >= 15 is 0 Å². The van der Waals surface area contributed by atoms with Crippen LogP contribution in [0.5, 0.6) is 5.75 Å². The summed E-state index contributed by atoms with van der Waals surface area (Å²) in [6.07, 6.45) is 1.53. The Morgan fingerprint density at radius 3 is 2.72 bits per heavy atom. The number of aryl methyl sites for hydroxylation is 1. The number of carbonyl (C=O) groups is 2. The molecule has 0 saturated carbocycles. The Labute approximate surface area is 105 Å². The molecule has 0 aliphatic rings. The molecule has 5 nitrogen and oxygen atoms in total. The second-order valence-corrected chi connectivity index (χ2v) is 3.86. The van der Waals surface area contributed by atoms with Gasteiger partial charge in [0, 0.05) is 0 Å². The predicted octanol–water partition coefficient (Wildman–Crippen LogP) is 1.46. The summed E-state index contributed by atoms with van der Waals surface area (Å²) in [6.45, 7) is 5.09. The summed E-state index contributed by atoms with van der Waals surface area (Å²) < 4.78 is 0. The molecular weight excluding hydrogens is 234 g/mol. The van der Waals surface area contributed by atoms with Crippen molar-refractivity contribution in [1.29, 1.82) is 0 Å². The highest BCUT2D eigenvalue weighted by atomic mass is 16.4. The minimum atomic E-state index is -1.14. The standard InChI is InChI=1S/C13H15NO4/c1-3-5-10(13(17)18)14-12(16)9-7-4-6-8(2)11(9)15/h3-4,6-7,10,15H,1,5H2,2H3,(H,14,16)(H,17,18). The molecule has 1 amide bonds. The summed E-state index contributed by atoms with van der Waals surface area (Å²) >= 11 is 0. The Hall–Kier alpha value is -2.30. The molecule has 0 fully saturated rings. The minimum absolute atomic E-state index is 0.0605. The molecule has 0 spiro atoms. The Morgan fingerprint density at radius 1 is 1.50 bits per heavy atom. The second kappa shape index (κ2) is 5.86. The molecule has 0 aliphatic heterocycles. The summed E-state index contributed by atoms with van der Waals surface area (Å²) in [4.78, 5) is 22.7. The van der Waals surface area contributed by atoms with Crippen molar-refractivity contribution < 1.29 is 19.8 Å². The van der Waals surface area contributed by atoms with E-state index in [0.717, 1.165) is 0 Å². The predicted molar refractivity (Wildman–Crippen MR) is 66.5 cm³/mol. The molecular formula is C13H15NO4. The van der Waals surface area contributed by atoms with E-state index in [2.05, 4.69) is 11.9 Å². The molecule has 1 aromatic rings. The average Bonchev–Trinajstić information content (AvgIpc) is 2.31. The van der Waals surface area contributed by atoms with Gasteiger partial charge >= 0.3 is 5.97 Å². The van der Waals surface area contributed by atoms with E-state index in [9.17, 15) is 14.7 Å². The molecule has 3 N–H and O–H groups in total. The van der Waals surface area contributed by atoms with Gasteiger partial charge < -0.3 is 15.5 Å². The molecule has 1 atom stereocenters. The highest BCUT2D eigenvalue weighted by Crippen LogP contribution is 2.21. The van der Waals surface area contributed by atoms with Gasteiger partial charge in [0.25, 0.3) is 5.91 Å². The smallest absolute Gasteiger partial charge is 0.326 e. The Bertz CT molecular complexity index is 482. The fourth-order valence-electron chi connectivity index (χ4n) is 1.47. The Morgan fingerprint density at radius 2 is 2.17 bits per heavy atom. The van der Waals surface area contributed by atoms with Crippen LogP contribution in [0.2, 0.25) is 0 Å². The largest absolute Gasteiger partial charge is 0.507 e. The molecule has 1 aromatic carbocycles. The monoisotopic (exact) mass is 249 g/mol. The van der Waals surface area contributed by atoms with E-state index in [1.54, 1.807) is 19.1 Å². The Balaban J connectivity index is 2.90. The summed E-state index contributed by atoms with van der Waals surface area (Å²) in [7, 11) is 0. The number of aliphatic carboxylic acids is 1. The molecule has 1 unspecified atom stereocenters. The van der Waals surface area contributed by atoms with Crippen LogP contribution in [0.3, 0.4) is 0 Å². The van der Waals surface area contributed by atoms with E-state index in [1.807, 2.05) is 0 Å². The van der Waals surface area contributed by atoms with Crippen molar-refractivity contribution in [3.63, 3.8) is 0 Å². The zero-order chi connectivity index (χ0) is 13.7. The van der Waals surface area contributed by atoms with Gasteiger partial charge in [-0.15, -0.1) is 6.58 Å². The number of amides is 1. The number of rotatable bonds is 5. The lowest BCUT2D eigenvalue weighted by Gasteiger charge is -2.13. The molecule has 18 heavy (non-hydrogen) atoms. The first-order valence-corrected chi connectivity index (χ1v) is 5.40. The first-order chi connectivity index (χ1) is 8.47. The second-order valence-electron chi connectivity index (χ2n) is 3.86. The van der Waals surface area contributed by atoms with Gasteiger partial charge in [-0.2, -0.15) is 0 Å². The van der Waals surface area contributed by atoms with Crippen molar-refractivity contribution in [2.45, 2.75) is 19.4 Å². The van der Waals surface area contributed by atoms with Crippen molar-refractivity contribution in [1.82, 2.24) is 5.32 Å². The molecule has 0 bridgehead atoms. The fourth-order valence-corrected chi connectivity index (χ4v) is 1.47. The van der Waals surface area contributed by atoms with Gasteiger partial charge in [0.15, 0.2) is 0 Å². The van der Waals surface area contributed by atoms with Gasteiger partial charge in [0.1, 0.15) is 11.8 Å². The van der Waals surface area contributed by atoms with E-state index in [4.69, 9.17) is 5.11 Å². The third-order valence-electron chi connectivity index (χ3n) is 2.49. The third kappa shape index (κ3) is 3.10. The third-order valence-corrected chi connectivity index (χ3v) is 2.49. The fraction of sp³-hybridized carbons (Fsp3) is 0.231. The minimum Gasteiger partial charge on any atom is -0.507 e. The van der Waals surface area contributed by atoms with Crippen molar-refractivity contribution in [2.75, 3.05) is 0 Å². The number of nitrogens with one attached hydrogen (secondary N) is 1. The lowest BCUT2D eigenvalue weighted by atomic mass is 10.1. The van der Waals surface area contributed by atoms with Crippen molar-refractivity contribution in [3.05, 3.63) is 42.0 Å². The number of hydrogen-bond donors (Lipinski definition) is 3. The summed E-state index contributed by atoms with van der Waals surface area (Å²) in [5.41, 5.74) is 0.614. The highest BCUT2D eigenvalue weighted by Gasteiger charge is 2.21. The van der Waals surface area contributed by atoms with Crippen molar-refractivity contribution >= 4 is 11.9 Å². The van der Waals surface area contributed by atoms with Gasteiger partial charge in [0.2, 0.25) is 0 Å². The number of phenolic OH excluding ortho intramolecular Hbond substituents is 1. The maximum atomic E-state index is 11.8. The number of phenols is 1. The molecule has 1 rings (SSSR count). The highest BCUT2D eigenvalue weighted by molar-refractivity contribution is 5.99. The quantitative estimate of drug-likeness (QED) is 0.689. The molecule has 0 saturated heterocycles. The molecule has 0 aliphatic carbocycles. The van der Waals surface area contributed by atoms with Crippen LogP contribution in [0, 0.1) is 6.92 Å². The number of hydrogen-bond acceptors (Lipinski definition) is 3. The van der Waals surface area contributed by atoms with Gasteiger partial charge in [-0.3, -0.25) is 4.79 Å². The van der Waals surface area contributed by atoms with E-state index < -0.39 is 17.9 Å². The summed E-state index contributed by atoms with van der Waals surface area (Å²) in [5, 5.41) is 21.0. The average molecular weight is 249 g/mol. The maximum Gasteiger partial charge on any atom is 0.326 e. The first kappa shape index (κ1) is 13.8. The summed E-state index contributed by atoms with van der Waals surface area (Å²) in [5.74, 6) is -1.90. The van der Waals surface area contributed by atoms with Crippen LogP contribution in [0.25, 0.3) is 0 Å². The van der Waals surface area contributed by atoms with Crippen LogP contribution in [0.4, 0.5) is 0 Å². The molecule has 96 valence electrons. The normalized spacial score (nSPS) is 11.6. The lowest BCUT2D eigenvalue weighted by molar-refractivity contribution is -0.139. The molecule has 0 radical (unpaired) electrons. The zero-order valence-corrected chi connectivity index (χ0v) is 10.0. The first-order valence-electron chi connectivity index (χ1n) is 5.40. The van der Waals surface area contributed by atoms with Crippen molar-refractivity contribution in [2.24, 2.45) is 0 Å². The molecule has 0 heterocycles. The number of para-hydroxylation sites is 1. The van der Waals surface area contributed by atoms with E-state index in [-0.39, 0.29) is 17.7 Å². The number of carboxylic acids is 1. The van der Waals surface area contributed by atoms with Crippen molar-refractivity contribution in [3.8, 4) is 5.75 Å². The van der Waals surface area contributed by atoms with Crippen LogP contribution in [0.15, 0.2) is 30.9 Å². The number of benzene rings is 1. The molecule has 5 heteroatoms. The zero-order valence-electron chi connectivity index (χ0n) is 10.0. The van der Waals surface area contributed by atoms with Gasteiger partial charge in [0.05, 0.1) is 5.56 Å². The SMILES string of the molecule is C=CCC(NC(=O)c1cccc(C)c1O)C(=O)O. The Kier molecular flexibility index (Phi) is 4.48. The van der Waals surface area contributed by atoms with Crippen LogP contribution >= 0.6 is 0 Å².